The number of phenols is 1. The molecule has 7 atom stereocenters. The van der Waals surface area contributed by atoms with Crippen molar-refractivity contribution in [1.29, 1.82) is 0 Å². The Kier molecular flexibility index (Phi) is 19.1. The van der Waals surface area contributed by atoms with Crippen LogP contribution >= 0.6 is 12.6 Å². The van der Waals surface area contributed by atoms with Crippen molar-refractivity contribution in [2.75, 3.05) is 18.9 Å². The third kappa shape index (κ3) is 15.2. The van der Waals surface area contributed by atoms with Crippen molar-refractivity contribution < 1.29 is 48.9 Å². The molecule has 2 aromatic rings. The number of carbonyl (C=O) groups excluding carboxylic acids is 6. The van der Waals surface area contributed by atoms with E-state index in [-0.39, 0.29) is 55.6 Å². The van der Waals surface area contributed by atoms with Crippen LogP contribution in [0.15, 0.2) is 54.6 Å². The average molecular weight is 842 g/mol. The molecule has 1 aliphatic rings. The molecule has 0 aliphatic carbocycles. The third-order valence-corrected chi connectivity index (χ3v) is 10.1. The smallest absolute Gasteiger partial charge is 0.326 e. The number of nitrogens with two attached hydrogens (primary N) is 1. The van der Waals surface area contributed by atoms with Gasteiger partial charge in [-0.3, -0.25) is 28.8 Å². The maximum Gasteiger partial charge on any atom is 0.326 e. The molecule has 0 radical (unpaired) electrons. The number of phenolic OH excluding ortho intramolecular Hbond substituents is 1. The lowest BCUT2D eigenvalue weighted by Crippen LogP contribution is -2.60. The average Bonchev–Trinajstić information content (AvgIpc) is 3.69. The second-order valence-corrected chi connectivity index (χ2v) is 16.0. The van der Waals surface area contributed by atoms with Gasteiger partial charge in [-0.15, -0.1) is 0 Å². The van der Waals surface area contributed by atoms with Crippen LogP contribution in [0.2, 0.25) is 0 Å². The number of nitrogens with zero attached hydrogens (tertiary/aromatic N) is 1. The monoisotopic (exact) mass is 841 g/mol. The molecule has 1 fully saturated rings. The van der Waals surface area contributed by atoms with Crippen LogP contribution in [0.4, 0.5) is 0 Å². The van der Waals surface area contributed by atoms with E-state index in [1.807, 2.05) is 27.7 Å². The molecule has 1 heterocycles. The quantitative estimate of drug-likeness (QED) is 0.0707. The number of aliphatic hydroxyl groups excluding tert-OH is 1. The van der Waals surface area contributed by atoms with Crippen molar-refractivity contribution in [3.05, 3.63) is 65.7 Å². The number of amides is 6. The fourth-order valence-corrected chi connectivity index (χ4v) is 6.95. The lowest BCUT2D eigenvalue weighted by Gasteiger charge is -2.30. The zero-order chi connectivity index (χ0) is 43.8. The Morgan fingerprint density at radius 2 is 1.24 bits per heavy atom. The van der Waals surface area contributed by atoms with Gasteiger partial charge in [-0.05, 0) is 60.8 Å². The molecule has 18 heteroatoms. The number of benzene rings is 2. The van der Waals surface area contributed by atoms with Gasteiger partial charge in [-0.1, -0.05) is 70.2 Å². The molecular formula is C41H59N7O10S. The number of thiol groups is 1. The summed E-state index contributed by atoms with van der Waals surface area (Å²) in [6.45, 7) is 6.76. The van der Waals surface area contributed by atoms with Crippen LogP contribution in [-0.4, -0.2) is 123 Å². The van der Waals surface area contributed by atoms with Crippen molar-refractivity contribution >= 4 is 54.0 Å². The lowest BCUT2D eigenvalue weighted by molar-refractivity contribution is -0.144. The van der Waals surface area contributed by atoms with Gasteiger partial charge >= 0.3 is 5.97 Å². The van der Waals surface area contributed by atoms with Crippen molar-refractivity contribution in [3.63, 3.8) is 0 Å². The molecule has 0 aromatic heterocycles. The number of aliphatic carboxylic acids is 1. The summed E-state index contributed by atoms with van der Waals surface area (Å²) in [5.41, 5.74) is 7.29. The summed E-state index contributed by atoms with van der Waals surface area (Å²) in [5, 5.41) is 42.8. The number of aromatic hydroxyl groups is 1. The standard InChI is InChI=1S/C41H59N7O10S/c1-23(2)17-28(42)35(51)43-29(18-24(3)4)36(52)44-30(19-26-12-14-27(50)15-13-26)37(53)46-32(21-49)40(56)48-16-8-11-34(48)39(55)47-33(22-59)38(54)45-31(41(57)58)20-25-9-6-5-7-10-25/h5-7,9-10,12-15,23-24,28-34,49-50,59H,8,11,16-22,42H2,1-4H3,(H,43,51)(H,44,52)(H,45,54)(H,46,53)(H,47,55)(H,57,58)/t28-,29-,30-,31-,32-,33-,34-/m0/s1. The van der Waals surface area contributed by atoms with E-state index in [2.05, 4.69) is 39.2 Å². The topological polar surface area (TPSA) is 270 Å². The van der Waals surface area contributed by atoms with E-state index in [0.717, 1.165) is 0 Å². The molecule has 0 spiro atoms. The Morgan fingerprint density at radius 1 is 0.712 bits per heavy atom. The van der Waals surface area contributed by atoms with Crippen molar-refractivity contribution in [1.82, 2.24) is 31.5 Å². The van der Waals surface area contributed by atoms with Gasteiger partial charge in [0.2, 0.25) is 35.4 Å². The third-order valence-electron chi connectivity index (χ3n) is 9.76. The molecule has 59 heavy (non-hydrogen) atoms. The van der Waals surface area contributed by atoms with E-state index in [4.69, 9.17) is 5.73 Å². The molecule has 0 bridgehead atoms. The number of carboxylic acid groups (broad SMARTS) is 1. The molecule has 0 saturated carbocycles. The Hall–Kier alpha value is -5.20. The lowest BCUT2D eigenvalue weighted by atomic mass is 9.99. The van der Waals surface area contributed by atoms with Gasteiger partial charge in [0.15, 0.2) is 0 Å². The van der Waals surface area contributed by atoms with Gasteiger partial charge in [0.25, 0.3) is 0 Å². The summed E-state index contributed by atoms with van der Waals surface area (Å²) in [5.74, 6) is -5.76. The zero-order valence-corrected chi connectivity index (χ0v) is 34.8. The Labute approximate surface area is 350 Å². The minimum absolute atomic E-state index is 0.00393. The largest absolute Gasteiger partial charge is 0.508 e. The van der Waals surface area contributed by atoms with E-state index in [1.54, 1.807) is 42.5 Å². The van der Waals surface area contributed by atoms with Crippen LogP contribution in [-0.2, 0) is 46.4 Å². The van der Waals surface area contributed by atoms with Gasteiger partial charge in [-0.25, -0.2) is 4.79 Å². The number of carboxylic acids is 1. The highest BCUT2D eigenvalue weighted by Gasteiger charge is 2.40. The van der Waals surface area contributed by atoms with E-state index in [1.165, 1.54) is 17.0 Å². The molecule has 0 unspecified atom stereocenters. The summed E-state index contributed by atoms with van der Waals surface area (Å²) >= 11 is 4.19. The van der Waals surface area contributed by atoms with Gasteiger partial charge in [0, 0.05) is 25.1 Å². The molecule has 1 aliphatic heterocycles. The Bertz CT molecular complexity index is 1750. The highest BCUT2D eigenvalue weighted by Crippen LogP contribution is 2.20. The molecule has 3 rings (SSSR count). The number of hydrogen-bond donors (Lipinski definition) is 10. The first-order valence-electron chi connectivity index (χ1n) is 19.8. The zero-order valence-electron chi connectivity index (χ0n) is 33.9. The van der Waals surface area contributed by atoms with Crippen LogP contribution in [0.25, 0.3) is 0 Å². The summed E-state index contributed by atoms with van der Waals surface area (Å²) in [7, 11) is 0. The summed E-state index contributed by atoms with van der Waals surface area (Å²) < 4.78 is 0. The van der Waals surface area contributed by atoms with Gasteiger partial charge in [0.1, 0.15) is 42.0 Å². The SMILES string of the molecule is CC(C)C[C@H](NC(=O)[C@@H](N)CC(C)C)C(=O)N[C@@H](Cc1ccc(O)cc1)C(=O)N[C@@H](CO)C(=O)N1CCC[C@H]1C(=O)N[C@@H](CS)C(=O)N[C@@H](Cc1ccccc1)C(=O)O. The first-order valence-corrected chi connectivity index (χ1v) is 20.4. The van der Waals surface area contributed by atoms with Crippen molar-refractivity contribution in [2.24, 2.45) is 17.6 Å². The van der Waals surface area contributed by atoms with E-state index in [9.17, 15) is 48.9 Å². The minimum atomic E-state index is -1.55. The minimum Gasteiger partial charge on any atom is -0.508 e. The molecular weight excluding hydrogens is 783 g/mol. The summed E-state index contributed by atoms with van der Waals surface area (Å²) in [6, 6.07) is 6.14. The Morgan fingerprint density at radius 3 is 1.81 bits per heavy atom. The van der Waals surface area contributed by atoms with E-state index >= 15 is 0 Å². The first kappa shape index (κ1) is 48.2. The van der Waals surface area contributed by atoms with Crippen LogP contribution in [0.1, 0.15) is 64.5 Å². The second kappa shape index (κ2) is 23.4. The normalized spacial score (nSPS) is 16.9. The molecule has 324 valence electrons. The number of aliphatic hydroxyl groups is 1. The predicted octanol–water partition coefficient (Wildman–Crippen LogP) is 0.0186. The highest BCUT2D eigenvalue weighted by molar-refractivity contribution is 7.80. The molecule has 17 nitrogen and oxygen atoms in total. The molecule has 10 N–H and O–H groups in total. The van der Waals surface area contributed by atoms with Gasteiger partial charge in [0.05, 0.1) is 12.6 Å². The number of likely N-dealkylation sites (tertiary alicyclic amines) is 1. The molecule has 6 amide bonds. The second-order valence-electron chi connectivity index (χ2n) is 15.6. The maximum atomic E-state index is 13.9. The van der Waals surface area contributed by atoms with Crippen LogP contribution in [0.5, 0.6) is 5.75 Å². The fourth-order valence-electron chi connectivity index (χ4n) is 6.69. The van der Waals surface area contributed by atoms with Crippen LogP contribution < -0.4 is 32.3 Å². The first-order chi connectivity index (χ1) is 27.9. The number of hydrogen-bond acceptors (Lipinski definition) is 11. The van der Waals surface area contributed by atoms with Crippen LogP contribution in [0, 0.1) is 11.8 Å². The predicted molar refractivity (Wildman–Crippen MR) is 222 cm³/mol. The van der Waals surface area contributed by atoms with Crippen molar-refractivity contribution in [3.8, 4) is 5.75 Å². The number of rotatable bonds is 22. The van der Waals surface area contributed by atoms with E-state index in [0.29, 0.717) is 24.0 Å². The number of carbonyl (C=O) groups is 7. The fraction of sp³-hybridized carbons (Fsp3) is 0.537. The summed E-state index contributed by atoms with van der Waals surface area (Å²) in [4.78, 5) is 94.4. The van der Waals surface area contributed by atoms with Gasteiger partial charge < -0.3 is 52.5 Å². The van der Waals surface area contributed by atoms with Crippen LogP contribution in [0.3, 0.4) is 0 Å². The highest BCUT2D eigenvalue weighted by atomic mass is 32.1. The maximum absolute atomic E-state index is 13.9. The van der Waals surface area contributed by atoms with Crippen molar-refractivity contribution in [2.45, 2.75) is 109 Å². The van der Waals surface area contributed by atoms with E-state index < -0.39 is 90.3 Å². The molecule has 1 saturated heterocycles. The number of nitrogens with one attached hydrogen (secondary N) is 5. The molecule has 2 aromatic carbocycles. The summed E-state index contributed by atoms with van der Waals surface area (Å²) in [6.07, 6.45) is 1.08. The Balaban J connectivity index is 1.76. The van der Waals surface area contributed by atoms with Gasteiger partial charge in [-0.2, -0.15) is 12.6 Å².